The highest BCUT2D eigenvalue weighted by molar-refractivity contribution is 8.19. The largest absolute Gasteiger partial charge is 0.284 e. The van der Waals surface area contributed by atoms with Crippen LogP contribution in [0.2, 0.25) is 0 Å². The molecule has 27 heavy (non-hydrogen) atoms. The SMILES string of the molecule is C=CCN1C(=O)/C(=C/c2ccccc2)SC1=NS(=O)(=O)c1ccc(F)cc1. The molecule has 8 heteroatoms. The highest BCUT2D eigenvalue weighted by Gasteiger charge is 2.34. The third-order valence-electron chi connectivity index (χ3n) is 3.61. The van der Waals surface area contributed by atoms with Crippen LogP contribution in [0.4, 0.5) is 4.39 Å². The number of rotatable bonds is 5. The van der Waals surface area contributed by atoms with Gasteiger partial charge in [0.15, 0.2) is 5.17 Å². The van der Waals surface area contributed by atoms with Crippen molar-refractivity contribution in [1.82, 2.24) is 4.90 Å². The van der Waals surface area contributed by atoms with Gasteiger partial charge in [0.05, 0.1) is 9.80 Å². The lowest BCUT2D eigenvalue weighted by atomic mass is 10.2. The first kappa shape index (κ1) is 19.1. The first-order valence-corrected chi connectivity index (χ1v) is 10.1. The Morgan fingerprint density at radius 2 is 1.78 bits per heavy atom. The summed E-state index contributed by atoms with van der Waals surface area (Å²) in [7, 11) is -4.09. The van der Waals surface area contributed by atoms with Crippen molar-refractivity contribution in [3.8, 4) is 0 Å². The van der Waals surface area contributed by atoms with Gasteiger partial charge in [-0.2, -0.15) is 8.42 Å². The van der Waals surface area contributed by atoms with Gasteiger partial charge in [0.25, 0.3) is 15.9 Å². The lowest BCUT2D eigenvalue weighted by molar-refractivity contribution is -0.121. The van der Waals surface area contributed by atoms with Gasteiger partial charge in [-0.3, -0.25) is 9.69 Å². The van der Waals surface area contributed by atoms with Crippen molar-refractivity contribution >= 4 is 38.9 Å². The Morgan fingerprint density at radius 1 is 1.11 bits per heavy atom. The molecule has 0 spiro atoms. The number of carbonyl (C=O) groups is 1. The van der Waals surface area contributed by atoms with E-state index in [-0.39, 0.29) is 22.5 Å². The highest BCUT2D eigenvalue weighted by Crippen LogP contribution is 2.33. The molecule has 2 aromatic carbocycles. The maximum absolute atomic E-state index is 13.0. The standard InChI is InChI=1S/C19H15FN2O3S2/c1-2-12-22-18(23)17(13-14-6-4-3-5-7-14)26-19(22)21-27(24,25)16-10-8-15(20)9-11-16/h2-11,13H,1,12H2/b17-13-,21-19?. The van der Waals surface area contributed by atoms with Gasteiger partial charge < -0.3 is 0 Å². The van der Waals surface area contributed by atoms with Gasteiger partial charge in [0, 0.05) is 6.54 Å². The number of benzene rings is 2. The molecule has 0 unspecified atom stereocenters. The molecule has 5 nitrogen and oxygen atoms in total. The summed E-state index contributed by atoms with van der Waals surface area (Å²) in [6.45, 7) is 3.72. The van der Waals surface area contributed by atoms with E-state index < -0.39 is 15.8 Å². The minimum absolute atomic E-state index is 0.0337. The third-order valence-corrected chi connectivity index (χ3v) is 6.01. The number of nitrogens with zero attached hydrogens (tertiary/aromatic N) is 2. The van der Waals surface area contributed by atoms with Crippen molar-refractivity contribution < 1.29 is 17.6 Å². The fourth-order valence-electron chi connectivity index (χ4n) is 2.33. The molecular formula is C19H15FN2O3S2. The van der Waals surface area contributed by atoms with E-state index >= 15 is 0 Å². The lowest BCUT2D eigenvalue weighted by Gasteiger charge is -2.12. The zero-order valence-electron chi connectivity index (χ0n) is 14.1. The Kier molecular flexibility index (Phi) is 5.57. The van der Waals surface area contributed by atoms with Crippen LogP contribution in [0.25, 0.3) is 6.08 Å². The van der Waals surface area contributed by atoms with E-state index in [1.807, 2.05) is 30.3 Å². The zero-order chi connectivity index (χ0) is 19.4. The maximum Gasteiger partial charge on any atom is 0.284 e. The molecule has 0 aromatic heterocycles. The van der Waals surface area contributed by atoms with Crippen LogP contribution in [0.1, 0.15) is 5.56 Å². The van der Waals surface area contributed by atoms with Gasteiger partial charge in [-0.05, 0) is 47.7 Å². The summed E-state index contributed by atoms with van der Waals surface area (Å²) >= 11 is 0.973. The lowest BCUT2D eigenvalue weighted by Crippen LogP contribution is -2.29. The molecule has 1 saturated heterocycles. The molecule has 1 amide bonds. The quantitative estimate of drug-likeness (QED) is 0.565. The van der Waals surface area contributed by atoms with E-state index in [4.69, 9.17) is 0 Å². The van der Waals surface area contributed by atoms with Crippen molar-refractivity contribution in [2.24, 2.45) is 4.40 Å². The second kappa shape index (κ2) is 7.89. The molecule has 1 aliphatic heterocycles. The third kappa shape index (κ3) is 4.35. The van der Waals surface area contributed by atoms with E-state index in [0.29, 0.717) is 4.91 Å². The number of amidine groups is 1. The molecule has 0 aliphatic carbocycles. The van der Waals surface area contributed by atoms with Gasteiger partial charge in [-0.25, -0.2) is 4.39 Å². The molecule has 3 rings (SSSR count). The summed E-state index contributed by atoms with van der Waals surface area (Å²) in [5.74, 6) is -0.898. The second-order valence-corrected chi connectivity index (χ2v) is 8.14. The van der Waals surface area contributed by atoms with Crippen LogP contribution in [-0.4, -0.2) is 30.9 Å². The highest BCUT2D eigenvalue weighted by atomic mass is 32.2. The van der Waals surface area contributed by atoms with Gasteiger partial charge in [0.1, 0.15) is 5.82 Å². The molecule has 0 saturated carbocycles. The molecule has 2 aromatic rings. The summed E-state index contributed by atoms with van der Waals surface area (Å²) in [5, 5.41) is 0.0337. The van der Waals surface area contributed by atoms with E-state index in [0.717, 1.165) is 41.6 Å². The summed E-state index contributed by atoms with van der Waals surface area (Å²) in [4.78, 5) is 14.1. The summed E-state index contributed by atoms with van der Waals surface area (Å²) in [6, 6.07) is 13.6. The van der Waals surface area contributed by atoms with Crippen molar-refractivity contribution in [3.05, 3.63) is 83.5 Å². The number of hydrogen-bond acceptors (Lipinski definition) is 4. The van der Waals surface area contributed by atoms with E-state index in [1.165, 1.54) is 11.0 Å². The zero-order valence-corrected chi connectivity index (χ0v) is 15.7. The predicted molar refractivity (Wildman–Crippen MR) is 105 cm³/mol. The Labute approximate surface area is 161 Å². The Morgan fingerprint density at radius 3 is 2.41 bits per heavy atom. The average Bonchev–Trinajstić information content (AvgIpc) is 2.91. The normalized spacial score (nSPS) is 17.7. The first-order chi connectivity index (χ1) is 12.9. The topological polar surface area (TPSA) is 66.8 Å². The summed E-state index contributed by atoms with van der Waals surface area (Å²) in [5.41, 5.74) is 0.814. The minimum Gasteiger partial charge on any atom is -0.282 e. The Hall–Kier alpha value is -2.71. The van der Waals surface area contributed by atoms with E-state index in [2.05, 4.69) is 11.0 Å². The molecular weight excluding hydrogens is 387 g/mol. The first-order valence-electron chi connectivity index (χ1n) is 7.88. The van der Waals surface area contributed by atoms with Gasteiger partial charge in [-0.1, -0.05) is 36.4 Å². The molecule has 1 aliphatic rings. The molecule has 0 bridgehead atoms. The van der Waals surface area contributed by atoms with Crippen LogP contribution in [0.5, 0.6) is 0 Å². The van der Waals surface area contributed by atoms with Crippen LogP contribution in [0.15, 0.2) is 81.5 Å². The molecule has 1 fully saturated rings. The fourth-order valence-corrected chi connectivity index (χ4v) is 4.52. The monoisotopic (exact) mass is 402 g/mol. The summed E-state index contributed by atoms with van der Waals surface area (Å²) < 4.78 is 41.9. The van der Waals surface area contributed by atoms with Crippen LogP contribution >= 0.6 is 11.8 Å². The van der Waals surface area contributed by atoms with E-state index in [9.17, 15) is 17.6 Å². The molecule has 138 valence electrons. The van der Waals surface area contributed by atoms with Crippen LogP contribution in [-0.2, 0) is 14.8 Å². The van der Waals surface area contributed by atoms with Crippen molar-refractivity contribution in [2.75, 3.05) is 6.54 Å². The molecule has 0 atom stereocenters. The Bertz CT molecular complexity index is 1030. The number of hydrogen-bond donors (Lipinski definition) is 0. The number of amides is 1. The Balaban J connectivity index is 1.99. The van der Waals surface area contributed by atoms with Crippen LogP contribution in [0.3, 0.4) is 0 Å². The van der Waals surface area contributed by atoms with Crippen molar-refractivity contribution in [2.45, 2.75) is 4.90 Å². The minimum atomic E-state index is -4.09. The van der Waals surface area contributed by atoms with Crippen LogP contribution < -0.4 is 0 Å². The number of carbonyl (C=O) groups excluding carboxylic acids is 1. The van der Waals surface area contributed by atoms with Crippen molar-refractivity contribution in [1.29, 1.82) is 0 Å². The number of thioether (sulfide) groups is 1. The number of sulfonamides is 1. The smallest absolute Gasteiger partial charge is 0.282 e. The number of halogens is 1. The molecule has 0 N–H and O–H groups in total. The maximum atomic E-state index is 13.0. The van der Waals surface area contributed by atoms with E-state index in [1.54, 1.807) is 6.08 Å². The molecule has 0 radical (unpaired) electrons. The van der Waals surface area contributed by atoms with Crippen molar-refractivity contribution in [3.63, 3.8) is 0 Å². The van der Waals surface area contributed by atoms with Crippen LogP contribution in [0, 0.1) is 5.82 Å². The van der Waals surface area contributed by atoms with Gasteiger partial charge >= 0.3 is 0 Å². The average molecular weight is 402 g/mol. The molecule has 1 heterocycles. The second-order valence-electron chi connectivity index (χ2n) is 5.53. The predicted octanol–water partition coefficient (Wildman–Crippen LogP) is 3.67. The fraction of sp³-hybridized carbons (Fsp3) is 0.0526. The van der Waals surface area contributed by atoms with Gasteiger partial charge in [0.2, 0.25) is 0 Å². The summed E-state index contributed by atoms with van der Waals surface area (Å²) in [6.07, 6.45) is 3.17. The van der Waals surface area contributed by atoms with Gasteiger partial charge in [-0.15, -0.1) is 11.0 Å².